The lowest BCUT2D eigenvalue weighted by atomic mass is 9.93. The Kier molecular flexibility index (Phi) is 5.64. The highest BCUT2D eigenvalue weighted by atomic mass is 16.2. The minimum atomic E-state index is -0.253. The van der Waals surface area contributed by atoms with E-state index in [9.17, 15) is 9.59 Å². The van der Waals surface area contributed by atoms with E-state index in [4.69, 9.17) is 5.73 Å². The molecule has 1 unspecified atom stereocenters. The molecule has 126 valence electrons. The molecule has 23 heavy (non-hydrogen) atoms. The molecule has 1 atom stereocenters. The van der Waals surface area contributed by atoms with E-state index in [2.05, 4.69) is 37.4 Å². The predicted molar refractivity (Wildman–Crippen MR) is 91.0 cm³/mol. The van der Waals surface area contributed by atoms with Crippen LogP contribution < -0.4 is 11.1 Å². The largest absolute Gasteiger partial charge is 0.370 e. The van der Waals surface area contributed by atoms with Crippen LogP contribution in [0.1, 0.15) is 48.9 Å². The van der Waals surface area contributed by atoms with Crippen molar-refractivity contribution in [2.75, 3.05) is 13.1 Å². The molecule has 3 amide bonds. The molecule has 0 aliphatic carbocycles. The summed E-state index contributed by atoms with van der Waals surface area (Å²) in [4.78, 5) is 25.2. The summed E-state index contributed by atoms with van der Waals surface area (Å²) in [7, 11) is 0. The maximum absolute atomic E-state index is 12.4. The van der Waals surface area contributed by atoms with Crippen LogP contribution in [0.5, 0.6) is 0 Å². The van der Waals surface area contributed by atoms with Crippen LogP contribution in [0.2, 0.25) is 0 Å². The van der Waals surface area contributed by atoms with Gasteiger partial charge in [-0.25, -0.2) is 4.79 Å². The Balaban J connectivity index is 1.88. The molecular formula is C18H27N3O2. The summed E-state index contributed by atoms with van der Waals surface area (Å²) < 4.78 is 0. The number of nitrogens with two attached hydrogens (primary N) is 1. The van der Waals surface area contributed by atoms with E-state index in [-0.39, 0.29) is 18.0 Å². The number of likely N-dealkylation sites (tertiary alicyclic amines) is 1. The summed E-state index contributed by atoms with van der Waals surface area (Å²) in [5.41, 5.74) is 8.77. The fourth-order valence-electron chi connectivity index (χ4n) is 3.24. The summed E-state index contributed by atoms with van der Waals surface area (Å²) in [6.07, 6.45) is 2.11. The van der Waals surface area contributed by atoms with E-state index in [1.807, 2.05) is 11.8 Å². The van der Waals surface area contributed by atoms with Gasteiger partial charge >= 0.3 is 6.03 Å². The molecule has 0 spiro atoms. The molecule has 1 aromatic rings. The fraction of sp³-hybridized carbons (Fsp3) is 0.556. The molecule has 0 radical (unpaired) electrons. The molecule has 0 saturated carbocycles. The van der Waals surface area contributed by atoms with Crippen molar-refractivity contribution in [1.82, 2.24) is 10.2 Å². The van der Waals surface area contributed by atoms with E-state index in [1.165, 1.54) is 11.1 Å². The van der Waals surface area contributed by atoms with E-state index in [1.54, 1.807) is 0 Å². The molecule has 1 aromatic carbocycles. The first-order valence-corrected chi connectivity index (χ1v) is 8.27. The van der Waals surface area contributed by atoms with Crippen LogP contribution in [-0.4, -0.2) is 29.9 Å². The first-order chi connectivity index (χ1) is 10.8. The lowest BCUT2D eigenvalue weighted by Gasteiger charge is -2.32. The predicted octanol–water partition coefficient (Wildman–Crippen LogP) is 2.66. The molecule has 1 heterocycles. The van der Waals surface area contributed by atoms with Crippen molar-refractivity contribution in [3.63, 3.8) is 0 Å². The normalized spacial score (nSPS) is 16.9. The first kappa shape index (κ1) is 17.3. The SMILES string of the molecule is Cc1cc(C)cc(C(C)NC(=O)N2CCC(CC(N)=O)CC2)c1. The number of aryl methyl sites for hydroxylation is 2. The van der Waals surface area contributed by atoms with Gasteiger partial charge in [-0.05, 0) is 45.1 Å². The molecule has 1 fully saturated rings. The van der Waals surface area contributed by atoms with Crippen LogP contribution >= 0.6 is 0 Å². The average Bonchev–Trinajstić information content (AvgIpc) is 2.46. The summed E-state index contributed by atoms with van der Waals surface area (Å²) in [6.45, 7) is 7.50. The third-order valence-electron chi connectivity index (χ3n) is 4.48. The van der Waals surface area contributed by atoms with Gasteiger partial charge in [-0.1, -0.05) is 29.3 Å². The summed E-state index contributed by atoms with van der Waals surface area (Å²) in [6, 6.07) is 6.29. The van der Waals surface area contributed by atoms with Crippen LogP contribution in [0.4, 0.5) is 4.79 Å². The summed E-state index contributed by atoms with van der Waals surface area (Å²) in [5.74, 6) is 0.0599. The number of hydrogen-bond acceptors (Lipinski definition) is 2. The second-order valence-electron chi connectivity index (χ2n) is 6.69. The second kappa shape index (κ2) is 7.49. The minimum Gasteiger partial charge on any atom is -0.370 e. The quantitative estimate of drug-likeness (QED) is 0.896. The van der Waals surface area contributed by atoms with Crippen molar-refractivity contribution in [3.05, 3.63) is 34.9 Å². The number of amides is 3. The number of carbonyl (C=O) groups excluding carboxylic acids is 2. The highest BCUT2D eigenvalue weighted by Gasteiger charge is 2.24. The number of carbonyl (C=O) groups is 2. The van der Waals surface area contributed by atoms with Crippen molar-refractivity contribution in [3.8, 4) is 0 Å². The van der Waals surface area contributed by atoms with Gasteiger partial charge in [0.25, 0.3) is 0 Å². The van der Waals surface area contributed by atoms with Gasteiger partial charge in [-0.15, -0.1) is 0 Å². The van der Waals surface area contributed by atoms with Crippen LogP contribution in [0.25, 0.3) is 0 Å². The number of piperidine rings is 1. The Morgan fingerprint density at radius 2 is 1.78 bits per heavy atom. The van der Waals surface area contributed by atoms with Gasteiger partial charge < -0.3 is 16.0 Å². The van der Waals surface area contributed by atoms with Crippen LogP contribution in [0.15, 0.2) is 18.2 Å². The third kappa shape index (κ3) is 4.98. The van der Waals surface area contributed by atoms with Crippen molar-refractivity contribution in [1.29, 1.82) is 0 Å². The molecule has 2 rings (SSSR count). The van der Waals surface area contributed by atoms with Crippen molar-refractivity contribution >= 4 is 11.9 Å². The Morgan fingerprint density at radius 1 is 1.22 bits per heavy atom. The molecule has 5 nitrogen and oxygen atoms in total. The van der Waals surface area contributed by atoms with Crippen LogP contribution in [0, 0.1) is 19.8 Å². The standard InChI is InChI=1S/C18H27N3O2/c1-12-8-13(2)10-16(9-12)14(3)20-18(23)21-6-4-15(5-7-21)11-17(19)22/h8-10,14-15H,4-7,11H2,1-3H3,(H2,19,22)(H,20,23). The molecule has 1 aliphatic rings. The number of nitrogens with one attached hydrogen (secondary N) is 1. The average molecular weight is 317 g/mol. The van der Waals surface area contributed by atoms with Crippen molar-refractivity contribution in [2.45, 2.75) is 46.1 Å². The second-order valence-corrected chi connectivity index (χ2v) is 6.69. The Hall–Kier alpha value is -2.04. The lowest BCUT2D eigenvalue weighted by molar-refractivity contribution is -0.119. The Labute approximate surface area is 138 Å². The fourth-order valence-corrected chi connectivity index (χ4v) is 3.24. The Bertz CT molecular complexity index is 557. The molecular weight excluding hydrogens is 290 g/mol. The maximum atomic E-state index is 12.4. The zero-order chi connectivity index (χ0) is 17.0. The topological polar surface area (TPSA) is 75.4 Å². The van der Waals surface area contributed by atoms with E-state index in [0.29, 0.717) is 25.4 Å². The lowest BCUT2D eigenvalue weighted by Crippen LogP contribution is -2.45. The first-order valence-electron chi connectivity index (χ1n) is 8.27. The number of urea groups is 1. The van der Waals surface area contributed by atoms with Gasteiger partial charge in [0.1, 0.15) is 0 Å². The molecule has 5 heteroatoms. The zero-order valence-corrected chi connectivity index (χ0v) is 14.3. The monoisotopic (exact) mass is 317 g/mol. The number of primary amides is 1. The Morgan fingerprint density at radius 3 is 2.30 bits per heavy atom. The van der Waals surface area contributed by atoms with Gasteiger partial charge in [0.15, 0.2) is 0 Å². The van der Waals surface area contributed by atoms with E-state index < -0.39 is 0 Å². The number of hydrogen-bond donors (Lipinski definition) is 2. The van der Waals surface area contributed by atoms with Gasteiger partial charge in [0.2, 0.25) is 5.91 Å². The van der Waals surface area contributed by atoms with Gasteiger partial charge in [0, 0.05) is 19.5 Å². The molecule has 0 bridgehead atoms. The molecule has 1 aliphatic heterocycles. The van der Waals surface area contributed by atoms with E-state index in [0.717, 1.165) is 18.4 Å². The van der Waals surface area contributed by atoms with Gasteiger partial charge in [0.05, 0.1) is 6.04 Å². The molecule has 3 N–H and O–H groups in total. The summed E-state index contributed by atoms with van der Waals surface area (Å²) >= 11 is 0. The highest BCUT2D eigenvalue weighted by molar-refractivity contribution is 5.75. The molecule has 0 aromatic heterocycles. The van der Waals surface area contributed by atoms with Crippen LogP contribution in [-0.2, 0) is 4.79 Å². The summed E-state index contributed by atoms with van der Waals surface area (Å²) in [5, 5.41) is 3.07. The van der Waals surface area contributed by atoms with Crippen molar-refractivity contribution < 1.29 is 9.59 Å². The third-order valence-corrected chi connectivity index (χ3v) is 4.48. The minimum absolute atomic E-state index is 0.0237. The maximum Gasteiger partial charge on any atom is 0.317 e. The highest BCUT2D eigenvalue weighted by Crippen LogP contribution is 2.21. The number of nitrogens with zero attached hydrogens (tertiary/aromatic N) is 1. The number of rotatable bonds is 4. The van der Waals surface area contributed by atoms with Gasteiger partial charge in [-0.2, -0.15) is 0 Å². The van der Waals surface area contributed by atoms with Crippen molar-refractivity contribution in [2.24, 2.45) is 11.7 Å². The number of benzene rings is 1. The smallest absolute Gasteiger partial charge is 0.317 e. The zero-order valence-electron chi connectivity index (χ0n) is 14.3. The van der Waals surface area contributed by atoms with Crippen LogP contribution in [0.3, 0.4) is 0 Å². The van der Waals surface area contributed by atoms with E-state index >= 15 is 0 Å². The van der Waals surface area contributed by atoms with Gasteiger partial charge in [-0.3, -0.25) is 4.79 Å². The molecule has 1 saturated heterocycles.